The average molecular weight is 204 g/mol. The SMILES string of the molecule is C=CCCC(C)(O)C(=O)c1ccccc1. The van der Waals surface area contributed by atoms with Crippen LogP contribution in [0.5, 0.6) is 0 Å². The van der Waals surface area contributed by atoms with Gasteiger partial charge in [-0.2, -0.15) is 0 Å². The maximum atomic E-state index is 11.9. The standard InChI is InChI=1S/C13H16O2/c1-3-4-10-13(2,15)12(14)11-8-6-5-7-9-11/h3,5-9,15H,1,4,10H2,2H3. The Kier molecular flexibility index (Phi) is 3.81. The van der Waals surface area contributed by atoms with Gasteiger partial charge in [-0.05, 0) is 19.8 Å². The van der Waals surface area contributed by atoms with Crippen LogP contribution in [0.3, 0.4) is 0 Å². The Morgan fingerprint density at radius 1 is 1.47 bits per heavy atom. The minimum Gasteiger partial charge on any atom is -0.382 e. The van der Waals surface area contributed by atoms with Gasteiger partial charge in [-0.25, -0.2) is 0 Å². The fraction of sp³-hybridized carbons (Fsp3) is 0.308. The lowest BCUT2D eigenvalue weighted by Gasteiger charge is -2.20. The molecule has 1 aromatic rings. The van der Waals surface area contributed by atoms with Crippen LogP contribution in [-0.2, 0) is 0 Å². The number of allylic oxidation sites excluding steroid dienone is 1. The van der Waals surface area contributed by atoms with Crippen molar-refractivity contribution in [2.75, 3.05) is 0 Å². The molecular weight excluding hydrogens is 188 g/mol. The molecule has 0 fully saturated rings. The molecule has 0 amide bonds. The first kappa shape index (κ1) is 11.7. The van der Waals surface area contributed by atoms with Gasteiger partial charge < -0.3 is 5.11 Å². The number of ketones is 1. The van der Waals surface area contributed by atoms with Crippen LogP contribution in [0, 0.1) is 0 Å². The van der Waals surface area contributed by atoms with Gasteiger partial charge in [-0.15, -0.1) is 6.58 Å². The summed E-state index contributed by atoms with van der Waals surface area (Å²) in [6.45, 7) is 5.12. The van der Waals surface area contributed by atoms with Gasteiger partial charge in [-0.3, -0.25) is 4.79 Å². The van der Waals surface area contributed by atoms with E-state index in [1.54, 1.807) is 37.3 Å². The Morgan fingerprint density at radius 2 is 2.07 bits per heavy atom. The van der Waals surface area contributed by atoms with Crippen LogP contribution in [0.25, 0.3) is 0 Å². The highest BCUT2D eigenvalue weighted by Crippen LogP contribution is 2.18. The second kappa shape index (κ2) is 4.89. The van der Waals surface area contributed by atoms with Crippen molar-refractivity contribution in [3.05, 3.63) is 48.6 Å². The fourth-order valence-electron chi connectivity index (χ4n) is 1.40. The van der Waals surface area contributed by atoms with Gasteiger partial charge in [0, 0.05) is 5.56 Å². The zero-order valence-corrected chi connectivity index (χ0v) is 8.94. The van der Waals surface area contributed by atoms with E-state index in [1.807, 2.05) is 6.07 Å². The molecule has 2 heteroatoms. The van der Waals surface area contributed by atoms with Crippen LogP contribution < -0.4 is 0 Å². The minimum absolute atomic E-state index is 0.232. The first-order valence-corrected chi connectivity index (χ1v) is 5.01. The Bertz CT molecular complexity index is 339. The summed E-state index contributed by atoms with van der Waals surface area (Å²) in [4.78, 5) is 11.9. The molecule has 0 aromatic heterocycles. The first-order valence-electron chi connectivity index (χ1n) is 5.01. The molecule has 1 aromatic carbocycles. The van der Waals surface area contributed by atoms with Crippen molar-refractivity contribution in [1.82, 2.24) is 0 Å². The molecule has 0 aliphatic rings. The van der Waals surface area contributed by atoms with Crippen molar-refractivity contribution in [1.29, 1.82) is 0 Å². The molecule has 1 atom stereocenters. The van der Waals surface area contributed by atoms with E-state index in [1.165, 1.54) is 0 Å². The Labute approximate surface area is 90.3 Å². The maximum Gasteiger partial charge on any atom is 0.194 e. The number of hydrogen-bond acceptors (Lipinski definition) is 2. The summed E-state index contributed by atoms with van der Waals surface area (Å²) in [6.07, 6.45) is 2.74. The first-order chi connectivity index (χ1) is 7.08. The zero-order valence-electron chi connectivity index (χ0n) is 8.94. The molecule has 0 saturated carbocycles. The minimum atomic E-state index is -1.30. The molecule has 0 heterocycles. The van der Waals surface area contributed by atoms with Crippen LogP contribution in [-0.4, -0.2) is 16.5 Å². The van der Waals surface area contributed by atoms with Crippen molar-refractivity contribution in [3.63, 3.8) is 0 Å². The third kappa shape index (κ3) is 3.03. The lowest BCUT2D eigenvalue weighted by Crippen LogP contribution is -2.34. The van der Waals surface area contributed by atoms with Crippen molar-refractivity contribution >= 4 is 5.78 Å². The lowest BCUT2D eigenvalue weighted by molar-refractivity contribution is 0.0372. The van der Waals surface area contributed by atoms with E-state index in [2.05, 4.69) is 6.58 Å². The Balaban J connectivity index is 2.79. The van der Waals surface area contributed by atoms with Crippen LogP contribution >= 0.6 is 0 Å². The highest BCUT2D eigenvalue weighted by atomic mass is 16.3. The molecule has 0 radical (unpaired) electrons. The fourth-order valence-corrected chi connectivity index (χ4v) is 1.40. The highest BCUT2D eigenvalue weighted by Gasteiger charge is 2.29. The summed E-state index contributed by atoms with van der Waals surface area (Å²) in [5.41, 5.74) is -0.748. The summed E-state index contributed by atoms with van der Waals surface area (Å²) in [5.74, 6) is -0.232. The van der Waals surface area contributed by atoms with E-state index in [-0.39, 0.29) is 5.78 Å². The third-order valence-electron chi connectivity index (χ3n) is 2.36. The highest BCUT2D eigenvalue weighted by molar-refractivity contribution is 6.01. The zero-order chi connectivity index (χ0) is 11.3. The molecule has 0 aliphatic heterocycles. The van der Waals surface area contributed by atoms with Crippen LogP contribution in [0.1, 0.15) is 30.1 Å². The summed E-state index contributed by atoms with van der Waals surface area (Å²) >= 11 is 0. The predicted molar refractivity (Wildman–Crippen MR) is 60.8 cm³/mol. The number of carbonyl (C=O) groups excluding carboxylic acids is 1. The topological polar surface area (TPSA) is 37.3 Å². The van der Waals surface area contributed by atoms with E-state index in [0.717, 1.165) is 0 Å². The third-order valence-corrected chi connectivity index (χ3v) is 2.36. The van der Waals surface area contributed by atoms with Gasteiger partial charge in [0.25, 0.3) is 0 Å². The number of aliphatic hydroxyl groups is 1. The average Bonchev–Trinajstić information content (AvgIpc) is 2.26. The molecule has 15 heavy (non-hydrogen) atoms. The van der Waals surface area contributed by atoms with Gasteiger partial charge >= 0.3 is 0 Å². The molecule has 0 aliphatic carbocycles. The Hall–Kier alpha value is -1.41. The van der Waals surface area contributed by atoms with Crippen molar-refractivity contribution < 1.29 is 9.90 Å². The van der Waals surface area contributed by atoms with Crippen LogP contribution in [0.15, 0.2) is 43.0 Å². The van der Waals surface area contributed by atoms with Gasteiger partial charge in [0.2, 0.25) is 0 Å². The van der Waals surface area contributed by atoms with Gasteiger partial charge in [0.05, 0.1) is 0 Å². The second-order valence-electron chi connectivity index (χ2n) is 3.80. The number of hydrogen-bond donors (Lipinski definition) is 1. The molecule has 80 valence electrons. The lowest BCUT2D eigenvalue weighted by atomic mass is 9.90. The van der Waals surface area contributed by atoms with Gasteiger partial charge in [0.15, 0.2) is 5.78 Å². The summed E-state index contributed by atoms with van der Waals surface area (Å²) in [7, 11) is 0. The van der Waals surface area contributed by atoms with Crippen LogP contribution in [0.4, 0.5) is 0 Å². The van der Waals surface area contributed by atoms with E-state index in [0.29, 0.717) is 18.4 Å². The molecule has 1 rings (SSSR count). The molecule has 0 saturated heterocycles. The van der Waals surface area contributed by atoms with Crippen molar-refractivity contribution in [2.24, 2.45) is 0 Å². The molecular formula is C13H16O2. The monoisotopic (exact) mass is 204 g/mol. The van der Waals surface area contributed by atoms with E-state index in [9.17, 15) is 9.90 Å². The molecule has 1 unspecified atom stereocenters. The predicted octanol–water partition coefficient (Wildman–Crippen LogP) is 2.59. The largest absolute Gasteiger partial charge is 0.382 e. The van der Waals surface area contributed by atoms with E-state index < -0.39 is 5.60 Å². The molecule has 0 bridgehead atoms. The number of Topliss-reactive ketones (excluding diaryl/α,β-unsaturated/α-hetero) is 1. The number of carbonyl (C=O) groups is 1. The van der Waals surface area contributed by atoms with Crippen LogP contribution in [0.2, 0.25) is 0 Å². The van der Waals surface area contributed by atoms with Crippen molar-refractivity contribution in [3.8, 4) is 0 Å². The molecule has 1 N–H and O–H groups in total. The Morgan fingerprint density at radius 3 is 2.60 bits per heavy atom. The van der Waals surface area contributed by atoms with Crippen molar-refractivity contribution in [2.45, 2.75) is 25.4 Å². The second-order valence-corrected chi connectivity index (χ2v) is 3.80. The van der Waals surface area contributed by atoms with E-state index in [4.69, 9.17) is 0 Å². The summed E-state index contributed by atoms with van der Waals surface area (Å²) < 4.78 is 0. The molecule has 0 spiro atoms. The summed E-state index contributed by atoms with van der Waals surface area (Å²) in [5, 5.41) is 9.97. The quantitative estimate of drug-likeness (QED) is 0.591. The normalized spacial score (nSPS) is 14.3. The van der Waals surface area contributed by atoms with Gasteiger partial charge in [-0.1, -0.05) is 36.4 Å². The smallest absolute Gasteiger partial charge is 0.194 e. The number of benzene rings is 1. The van der Waals surface area contributed by atoms with E-state index >= 15 is 0 Å². The molecule has 2 nitrogen and oxygen atoms in total. The number of rotatable bonds is 5. The maximum absolute atomic E-state index is 11.9. The van der Waals surface area contributed by atoms with Gasteiger partial charge in [0.1, 0.15) is 5.60 Å². The summed E-state index contributed by atoms with van der Waals surface area (Å²) in [6, 6.07) is 8.85.